The van der Waals surface area contributed by atoms with Gasteiger partial charge in [-0.2, -0.15) is 10.3 Å². The smallest absolute Gasteiger partial charge is 0.205 e. The Morgan fingerprint density at radius 2 is 2.20 bits per heavy atom. The van der Waals surface area contributed by atoms with Gasteiger partial charge >= 0.3 is 0 Å². The van der Waals surface area contributed by atoms with E-state index in [-0.39, 0.29) is 11.5 Å². The van der Waals surface area contributed by atoms with Crippen molar-refractivity contribution in [3.63, 3.8) is 0 Å². The van der Waals surface area contributed by atoms with E-state index >= 15 is 0 Å². The molecule has 0 aliphatic rings. The van der Waals surface area contributed by atoms with Crippen molar-refractivity contribution >= 4 is 6.21 Å². The molecule has 1 atom stereocenters. The van der Waals surface area contributed by atoms with Crippen molar-refractivity contribution in [2.24, 2.45) is 16.1 Å². The van der Waals surface area contributed by atoms with Crippen LogP contribution in [0.15, 0.2) is 4.99 Å². The number of rotatable bonds is 2. The molecule has 0 saturated heterocycles. The second kappa shape index (κ2) is 3.33. The van der Waals surface area contributed by atoms with Crippen LogP contribution >= 0.6 is 0 Å². The van der Waals surface area contributed by atoms with E-state index in [1.54, 1.807) is 12.4 Å². The molecule has 3 nitrogen and oxygen atoms in total. The highest BCUT2D eigenvalue weighted by atomic mass is 14.7. The van der Waals surface area contributed by atoms with Crippen LogP contribution in [0.25, 0.3) is 0 Å². The highest BCUT2D eigenvalue weighted by Gasteiger charge is 2.19. The quantitative estimate of drug-likeness (QED) is 0.456. The molecule has 10 heavy (non-hydrogen) atoms. The summed E-state index contributed by atoms with van der Waals surface area (Å²) in [6.07, 6.45) is 3.27. The summed E-state index contributed by atoms with van der Waals surface area (Å²) in [6, 6.07) is 0.0181. The van der Waals surface area contributed by atoms with Crippen molar-refractivity contribution in [3.8, 4) is 6.19 Å². The molecule has 0 amide bonds. The molecule has 0 aromatic carbocycles. The van der Waals surface area contributed by atoms with Crippen LogP contribution in [-0.2, 0) is 0 Å². The molecule has 3 heteroatoms. The third kappa shape index (κ3) is 2.60. The van der Waals surface area contributed by atoms with Crippen LogP contribution in [0, 0.1) is 16.9 Å². The number of hydrogen-bond acceptors (Lipinski definition) is 3. The predicted molar refractivity (Wildman–Crippen MR) is 41.5 cm³/mol. The lowest BCUT2D eigenvalue weighted by Crippen LogP contribution is -2.35. The van der Waals surface area contributed by atoms with Gasteiger partial charge in [0, 0.05) is 17.7 Å². The van der Waals surface area contributed by atoms with Crippen LogP contribution in [0.5, 0.6) is 0 Å². The second-order valence-electron chi connectivity index (χ2n) is 2.97. The molecule has 0 aliphatic heterocycles. The van der Waals surface area contributed by atoms with Gasteiger partial charge in [0.25, 0.3) is 0 Å². The fourth-order valence-corrected chi connectivity index (χ4v) is 0.313. The van der Waals surface area contributed by atoms with Crippen LogP contribution < -0.4 is 5.73 Å². The first-order valence-corrected chi connectivity index (χ1v) is 3.19. The van der Waals surface area contributed by atoms with Crippen molar-refractivity contribution in [1.82, 2.24) is 0 Å². The van der Waals surface area contributed by atoms with Crippen molar-refractivity contribution in [1.29, 1.82) is 5.26 Å². The summed E-state index contributed by atoms with van der Waals surface area (Å²) in [4.78, 5) is 3.47. The van der Waals surface area contributed by atoms with Crippen molar-refractivity contribution < 1.29 is 0 Å². The summed E-state index contributed by atoms with van der Waals surface area (Å²) in [7, 11) is 0. The molecule has 0 heterocycles. The molecule has 0 aromatic rings. The zero-order chi connectivity index (χ0) is 8.20. The molecule has 1 unspecified atom stereocenters. The third-order valence-corrected chi connectivity index (χ3v) is 1.63. The maximum Gasteiger partial charge on any atom is 0.205 e. The molecular formula is C7H13N3. The minimum atomic E-state index is -0.185. The van der Waals surface area contributed by atoms with E-state index in [0.717, 1.165) is 0 Å². The van der Waals surface area contributed by atoms with Crippen molar-refractivity contribution in [2.75, 3.05) is 0 Å². The van der Waals surface area contributed by atoms with Gasteiger partial charge in [-0.25, -0.2) is 0 Å². The maximum atomic E-state index is 8.12. The number of aliphatic imine (C=N–C) groups is 1. The SMILES string of the molecule is CC(N)C(C)(C)C=NC#N. The van der Waals surface area contributed by atoms with Gasteiger partial charge in [-0.05, 0) is 6.92 Å². The molecule has 56 valence electrons. The fourth-order valence-electron chi connectivity index (χ4n) is 0.313. The van der Waals surface area contributed by atoms with Crippen LogP contribution in [-0.4, -0.2) is 12.3 Å². The van der Waals surface area contributed by atoms with Crippen molar-refractivity contribution in [2.45, 2.75) is 26.8 Å². The van der Waals surface area contributed by atoms with E-state index in [1.807, 2.05) is 20.8 Å². The minimum Gasteiger partial charge on any atom is -0.327 e. The number of nitrogens with zero attached hydrogens (tertiary/aromatic N) is 2. The van der Waals surface area contributed by atoms with E-state index in [4.69, 9.17) is 11.0 Å². The largest absolute Gasteiger partial charge is 0.327 e. The zero-order valence-corrected chi connectivity index (χ0v) is 6.63. The average Bonchev–Trinajstić information content (AvgIpc) is 1.84. The summed E-state index contributed by atoms with van der Waals surface area (Å²) < 4.78 is 0. The molecular weight excluding hydrogens is 126 g/mol. The molecule has 0 spiro atoms. The Morgan fingerprint density at radius 1 is 1.70 bits per heavy atom. The Hall–Kier alpha value is -0.880. The van der Waals surface area contributed by atoms with Crippen LogP contribution in [0.3, 0.4) is 0 Å². The van der Waals surface area contributed by atoms with Crippen LogP contribution in [0.1, 0.15) is 20.8 Å². The fraction of sp³-hybridized carbons (Fsp3) is 0.714. The number of nitrogens with two attached hydrogens (primary N) is 1. The Bertz CT molecular complexity index is 162. The van der Waals surface area contributed by atoms with E-state index in [0.29, 0.717) is 0 Å². The first kappa shape index (κ1) is 9.12. The monoisotopic (exact) mass is 139 g/mol. The minimum absolute atomic E-state index is 0.0181. The van der Waals surface area contributed by atoms with E-state index in [1.165, 1.54) is 0 Å². The van der Waals surface area contributed by atoms with Crippen molar-refractivity contribution in [3.05, 3.63) is 0 Å². The van der Waals surface area contributed by atoms with Gasteiger partial charge in [0.2, 0.25) is 6.19 Å². The van der Waals surface area contributed by atoms with Gasteiger partial charge in [0.15, 0.2) is 0 Å². The first-order chi connectivity index (χ1) is 4.50. The molecule has 0 aromatic heterocycles. The topological polar surface area (TPSA) is 62.2 Å². The van der Waals surface area contributed by atoms with E-state index < -0.39 is 0 Å². The Balaban J connectivity index is 4.15. The average molecular weight is 139 g/mol. The molecule has 0 rings (SSSR count). The van der Waals surface area contributed by atoms with Gasteiger partial charge < -0.3 is 5.73 Å². The summed E-state index contributed by atoms with van der Waals surface area (Å²) >= 11 is 0. The summed E-state index contributed by atoms with van der Waals surface area (Å²) in [5.74, 6) is 0. The first-order valence-electron chi connectivity index (χ1n) is 3.19. The number of hydrogen-bond donors (Lipinski definition) is 1. The molecule has 0 bridgehead atoms. The predicted octanol–water partition coefficient (Wildman–Crippen LogP) is 0.912. The van der Waals surface area contributed by atoms with Gasteiger partial charge in [-0.15, -0.1) is 0 Å². The summed E-state index contributed by atoms with van der Waals surface area (Å²) in [6.45, 7) is 5.78. The number of nitriles is 1. The van der Waals surface area contributed by atoms with Gasteiger partial charge in [-0.3, -0.25) is 0 Å². The Labute approximate surface area is 61.6 Å². The summed E-state index contributed by atoms with van der Waals surface area (Å²) in [5.41, 5.74) is 5.43. The lowest BCUT2D eigenvalue weighted by Gasteiger charge is -2.22. The molecule has 2 N–H and O–H groups in total. The Morgan fingerprint density at radius 3 is 2.50 bits per heavy atom. The molecule has 0 fully saturated rings. The zero-order valence-electron chi connectivity index (χ0n) is 6.63. The molecule has 0 radical (unpaired) electrons. The van der Waals surface area contributed by atoms with Crippen LogP contribution in [0.4, 0.5) is 0 Å². The Kier molecular flexibility index (Phi) is 3.04. The second-order valence-corrected chi connectivity index (χ2v) is 2.97. The standard InChI is InChI=1S/C7H13N3/c1-6(9)7(2,3)4-10-5-8/h4,6H,9H2,1-3H3. The molecule has 0 saturated carbocycles. The maximum absolute atomic E-state index is 8.12. The van der Waals surface area contributed by atoms with Gasteiger partial charge in [0.05, 0.1) is 0 Å². The lowest BCUT2D eigenvalue weighted by atomic mass is 9.88. The normalized spacial score (nSPS) is 15.1. The third-order valence-electron chi connectivity index (χ3n) is 1.63. The van der Waals surface area contributed by atoms with Gasteiger partial charge in [-0.1, -0.05) is 13.8 Å². The van der Waals surface area contributed by atoms with E-state index in [9.17, 15) is 0 Å². The molecule has 0 aliphatic carbocycles. The van der Waals surface area contributed by atoms with Crippen LogP contribution in [0.2, 0.25) is 0 Å². The highest BCUT2D eigenvalue weighted by Crippen LogP contribution is 2.14. The van der Waals surface area contributed by atoms with Gasteiger partial charge in [0.1, 0.15) is 0 Å². The highest BCUT2D eigenvalue weighted by molar-refractivity contribution is 5.66. The van der Waals surface area contributed by atoms with E-state index in [2.05, 4.69) is 4.99 Å². The lowest BCUT2D eigenvalue weighted by molar-refractivity contribution is 0.439. The summed E-state index contributed by atoms with van der Waals surface area (Å²) in [5, 5.41) is 8.12.